The van der Waals surface area contributed by atoms with Crippen LogP contribution in [-0.2, 0) is 16.0 Å². The normalized spacial score (nSPS) is 18.9. The number of carbonyl (C=O) groups excluding carboxylic acids is 1. The standard InChI is InChI=1S/C15H18BrNO3/c16-12-7-4-11(5-8-12)6-9-14(18)17-10-2-1-3-13(17)15(19)20/h4-5,7-8,13H,1-3,6,9-10H2,(H,19,20)/t13-/m1/s1. The minimum Gasteiger partial charge on any atom is -0.480 e. The van der Waals surface area contributed by atoms with Gasteiger partial charge in [0.15, 0.2) is 0 Å². The average Bonchev–Trinajstić information content (AvgIpc) is 2.46. The smallest absolute Gasteiger partial charge is 0.326 e. The second-order valence-electron chi connectivity index (χ2n) is 5.06. The predicted octanol–water partition coefficient (Wildman–Crippen LogP) is 2.85. The van der Waals surface area contributed by atoms with Crippen LogP contribution < -0.4 is 0 Å². The fourth-order valence-electron chi connectivity index (χ4n) is 2.53. The fourth-order valence-corrected chi connectivity index (χ4v) is 2.80. The lowest BCUT2D eigenvalue weighted by Crippen LogP contribution is -2.48. The van der Waals surface area contributed by atoms with Crippen LogP contribution in [0.1, 0.15) is 31.2 Å². The highest BCUT2D eigenvalue weighted by Gasteiger charge is 2.31. The highest BCUT2D eigenvalue weighted by molar-refractivity contribution is 9.10. The Kier molecular flexibility index (Phi) is 5.17. The van der Waals surface area contributed by atoms with Crippen LogP contribution in [0.15, 0.2) is 28.7 Å². The molecule has 0 aromatic heterocycles. The van der Waals surface area contributed by atoms with E-state index in [2.05, 4.69) is 15.9 Å². The van der Waals surface area contributed by atoms with Crippen molar-refractivity contribution in [3.05, 3.63) is 34.3 Å². The van der Waals surface area contributed by atoms with Gasteiger partial charge >= 0.3 is 5.97 Å². The van der Waals surface area contributed by atoms with Gasteiger partial charge in [-0.05, 0) is 43.4 Å². The molecular weight excluding hydrogens is 322 g/mol. The maximum Gasteiger partial charge on any atom is 0.326 e. The molecular formula is C15H18BrNO3. The Hall–Kier alpha value is -1.36. The van der Waals surface area contributed by atoms with E-state index < -0.39 is 12.0 Å². The molecule has 1 saturated heterocycles. The molecule has 4 nitrogen and oxygen atoms in total. The Morgan fingerprint density at radius 1 is 1.25 bits per heavy atom. The van der Waals surface area contributed by atoms with Crippen molar-refractivity contribution in [2.24, 2.45) is 0 Å². The first kappa shape index (κ1) is 15.0. The van der Waals surface area contributed by atoms with Crippen molar-refractivity contribution in [2.75, 3.05) is 6.54 Å². The summed E-state index contributed by atoms with van der Waals surface area (Å²) in [4.78, 5) is 24.9. The Morgan fingerprint density at radius 2 is 1.95 bits per heavy atom. The lowest BCUT2D eigenvalue weighted by Gasteiger charge is -2.33. The van der Waals surface area contributed by atoms with Gasteiger partial charge in [0.25, 0.3) is 0 Å². The number of nitrogens with zero attached hydrogens (tertiary/aromatic N) is 1. The van der Waals surface area contributed by atoms with Gasteiger partial charge in [-0.25, -0.2) is 4.79 Å². The summed E-state index contributed by atoms with van der Waals surface area (Å²) in [6, 6.07) is 7.20. The summed E-state index contributed by atoms with van der Waals surface area (Å²) in [6.07, 6.45) is 3.36. The van der Waals surface area contributed by atoms with Crippen molar-refractivity contribution in [3.8, 4) is 0 Å². The second kappa shape index (κ2) is 6.88. The van der Waals surface area contributed by atoms with E-state index in [1.165, 1.54) is 4.90 Å². The fraction of sp³-hybridized carbons (Fsp3) is 0.467. The van der Waals surface area contributed by atoms with Crippen LogP contribution in [-0.4, -0.2) is 34.5 Å². The molecule has 1 aliphatic rings. The van der Waals surface area contributed by atoms with Gasteiger partial charge in [-0.2, -0.15) is 0 Å². The van der Waals surface area contributed by atoms with Crippen LogP contribution in [0, 0.1) is 0 Å². The first-order valence-electron chi connectivity index (χ1n) is 6.84. The van der Waals surface area contributed by atoms with Crippen molar-refractivity contribution in [2.45, 2.75) is 38.1 Å². The van der Waals surface area contributed by atoms with E-state index in [0.29, 0.717) is 25.8 Å². The van der Waals surface area contributed by atoms with Crippen LogP contribution in [0.2, 0.25) is 0 Å². The summed E-state index contributed by atoms with van der Waals surface area (Å²) in [7, 11) is 0. The lowest BCUT2D eigenvalue weighted by molar-refractivity contribution is -0.152. The van der Waals surface area contributed by atoms with E-state index in [4.69, 9.17) is 0 Å². The van der Waals surface area contributed by atoms with Gasteiger partial charge in [0.05, 0.1) is 0 Å². The van der Waals surface area contributed by atoms with Crippen LogP contribution in [0.25, 0.3) is 0 Å². The number of hydrogen-bond donors (Lipinski definition) is 1. The third-order valence-electron chi connectivity index (χ3n) is 3.65. The summed E-state index contributed by atoms with van der Waals surface area (Å²) in [6.45, 7) is 0.566. The molecule has 0 radical (unpaired) electrons. The molecule has 1 N–H and O–H groups in total. The van der Waals surface area contributed by atoms with Crippen LogP contribution in [0.3, 0.4) is 0 Å². The third-order valence-corrected chi connectivity index (χ3v) is 4.18. The Labute approximate surface area is 126 Å². The van der Waals surface area contributed by atoms with Gasteiger partial charge in [0.2, 0.25) is 5.91 Å². The first-order chi connectivity index (χ1) is 9.58. The van der Waals surface area contributed by atoms with E-state index in [0.717, 1.165) is 22.9 Å². The Bertz CT molecular complexity index is 486. The minimum atomic E-state index is -0.887. The molecule has 108 valence electrons. The number of carboxylic acid groups (broad SMARTS) is 1. The van der Waals surface area contributed by atoms with E-state index in [9.17, 15) is 14.7 Å². The molecule has 1 aromatic rings. The number of carboxylic acids is 1. The molecule has 2 rings (SSSR count). The van der Waals surface area contributed by atoms with Gasteiger partial charge in [-0.1, -0.05) is 28.1 Å². The lowest BCUT2D eigenvalue weighted by atomic mass is 10.0. The molecule has 1 aromatic carbocycles. The number of aryl methyl sites for hydroxylation is 1. The van der Waals surface area contributed by atoms with E-state index in [1.54, 1.807) is 0 Å². The number of piperidine rings is 1. The Morgan fingerprint density at radius 3 is 2.60 bits per heavy atom. The molecule has 1 fully saturated rings. The largest absolute Gasteiger partial charge is 0.480 e. The van der Waals surface area contributed by atoms with E-state index in [-0.39, 0.29) is 5.91 Å². The summed E-state index contributed by atoms with van der Waals surface area (Å²) in [5.74, 6) is -0.943. The molecule has 0 bridgehead atoms. The SMILES string of the molecule is O=C(O)[C@H]1CCCCN1C(=O)CCc1ccc(Br)cc1. The third kappa shape index (κ3) is 3.82. The predicted molar refractivity (Wildman–Crippen MR) is 79.5 cm³/mol. The molecule has 1 atom stereocenters. The zero-order valence-corrected chi connectivity index (χ0v) is 12.8. The van der Waals surface area contributed by atoms with Crippen molar-refractivity contribution < 1.29 is 14.7 Å². The summed E-state index contributed by atoms with van der Waals surface area (Å²) < 4.78 is 1.01. The first-order valence-corrected chi connectivity index (χ1v) is 7.64. The highest BCUT2D eigenvalue weighted by atomic mass is 79.9. The molecule has 0 saturated carbocycles. The second-order valence-corrected chi connectivity index (χ2v) is 5.98. The molecule has 1 heterocycles. The molecule has 5 heteroatoms. The average molecular weight is 340 g/mol. The number of hydrogen-bond acceptors (Lipinski definition) is 2. The van der Waals surface area contributed by atoms with Crippen molar-refractivity contribution in [3.63, 3.8) is 0 Å². The quantitative estimate of drug-likeness (QED) is 0.917. The van der Waals surface area contributed by atoms with Gasteiger partial charge in [0, 0.05) is 17.4 Å². The zero-order valence-electron chi connectivity index (χ0n) is 11.2. The number of halogens is 1. The highest BCUT2D eigenvalue weighted by Crippen LogP contribution is 2.19. The molecule has 20 heavy (non-hydrogen) atoms. The Balaban J connectivity index is 1.93. The number of aliphatic carboxylic acids is 1. The maximum absolute atomic E-state index is 12.2. The van der Waals surface area contributed by atoms with Crippen LogP contribution in [0.4, 0.5) is 0 Å². The topological polar surface area (TPSA) is 57.6 Å². The molecule has 0 unspecified atom stereocenters. The molecule has 1 amide bonds. The maximum atomic E-state index is 12.2. The van der Waals surface area contributed by atoms with E-state index >= 15 is 0 Å². The molecule has 1 aliphatic heterocycles. The van der Waals surface area contributed by atoms with Crippen molar-refractivity contribution in [1.82, 2.24) is 4.90 Å². The van der Waals surface area contributed by atoms with Gasteiger partial charge in [-0.3, -0.25) is 4.79 Å². The van der Waals surface area contributed by atoms with Gasteiger partial charge < -0.3 is 10.0 Å². The summed E-state index contributed by atoms with van der Waals surface area (Å²) in [5, 5.41) is 9.17. The number of carbonyl (C=O) groups is 2. The monoisotopic (exact) mass is 339 g/mol. The number of amides is 1. The number of likely N-dealkylation sites (tertiary alicyclic amines) is 1. The summed E-state index contributed by atoms with van der Waals surface area (Å²) in [5.41, 5.74) is 1.09. The minimum absolute atomic E-state index is 0.0555. The summed E-state index contributed by atoms with van der Waals surface area (Å²) >= 11 is 3.37. The van der Waals surface area contributed by atoms with Crippen molar-refractivity contribution >= 4 is 27.8 Å². The van der Waals surface area contributed by atoms with Crippen LogP contribution >= 0.6 is 15.9 Å². The number of rotatable bonds is 4. The number of benzene rings is 1. The molecule has 0 spiro atoms. The van der Waals surface area contributed by atoms with Gasteiger partial charge in [0.1, 0.15) is 6.04 Å². The van der Waals surface area contributed by atoms with Crippen LogP contribution in [0.5, 0.6) is 0 Å². The molecule has 0 aliphatic carbocycles. The van der Waals surface area contributed by atoms with E-state index in [1.807, 2.05) is 24.3 Å². The van der Waals surface area contributed by atoms with Crippen molar-refractivity contribution in [1.29, 1.82) is 0 Å². The zero-order chi connectivity index (χ0) is 14.5. The van der Waals surface area contributed by atoms with Gasteiger partial charge in [-0.15, -0.1) is 0 Å².